The van der Waals surface area contributed by atoms with Gasteiger partial charge in [-0.25, -0.2) is 0 Å². The summed E-state index contributed by atoms with van der Waals surface area (Å²) in [5.74, 6) is 5.83. The van der Waals surface area contributed by atoms with Gasteiger partial charge in [0.05, 0.1) is 5.92 Å². The van der Waals surface area contributed by atoms with Crippen molar-refractivity contribution in [3.63, 3.8) is 0 Å². The molecule has 0 aliphatic heterocycles. The Kier molecular flexibility index (Phi) is 4.59. The summed E-state index contributed by atoms with van der Waals surface area (Å²) in [6.07, 6.45) is 3.85. The Bertz CT molecular complexity index is 417. The Labute approximate surface area is 115 Å². The smallest absolute Gasteiger partial charge is 0.327 e. The van der Waals surface area contributed by atoms with E-state index >= 15 is 0 Å². The van der Waals surface area contributed by atoms with Crippen molar-refractivity contribution in [1.82, 2.24) is 0 Å². The van der Waals surface area contributed by atoms with Crippen LogP contribution in [-0.2, 0) is 9.63 Å². The summed E-state index contributed by atoms with van der Waals surface area (Å²) in [5, 5.41) is 0. The molecule has 0 spiro atoms. The Hall–Kier alpha value is -1.35. The normalized spacial score (nSPS) is 23.4. The van der Waals surface area contributed by atoms with E-state index in [1.54, 1.807) is 0 Å². The first-order valence-electron chi connectivity index (χ1n) is 7.12. The number of carbonyl (C=O) groups excluding carboxylic acids is 1. The lowest BCUT2D eigenvalue weighted by molar-refractivity contribution is -0.150. The summed E-state index contributed by atoms with van der Waals surface area (Å²) in [4.78, 5) is 15.7. The molecule has 0 atom stereocenters. The van der Waals surface area contributed by atoms with Gasteiger partial charge in [0.25, 0.3) is 0 Å². The van der Waals surface area contributed by atoms with Gasteiger partial charge in [0.1, 0.15) is 0 Å². The van der Waals surface area contributed by atoms with Crippen LogP contribution in [-0.4, -0.2) is 5.97 Å². The molecule has 1 aromatic rings. The monoisotopic (exact) mass is 261 g/mol. The van der Waals surface area contributed by atoms with Crippen molar-refractivity contribution in [2.24, 2.45) is 11.8 Å². The van der Waals surface area contributed by atoms with Crippen LogP contribution in [0.4, 0.5) is 0 Å². The zero-order chi connectivity index (χ0) is 13.8. The molecule has 3 nitrogen and oxygen atoms in total. The van der Waals surface area contributed by atoms with Crippen molar-refractivity contribution < 1.29 is 9.63 Å². The first kappa shape index (κ1) is 14.1. The number of nitrogens with two attached hydrogens (primary N) is 1. The quantitative estimate of drug-likeness (QED) is 0.847. The molecule has 2 N–H and O–H groups in total. The summed E-state index contributed by atoms with van der Waals surface area (Å²) < 4.78 is 0. The first-order valence-corrected chi connectivity index (χ1v) is 7.12. The van der Waals surface area contributed by atoms with Crippen molar-refractivity contribution in [2.45, 2.75) is 51.4 Å². The predicted molar refractivity (Wildman–Crippen MR) is 75.5 cm³/mol. The average molecular weight is 261 g/mol. The van der Waals surface area contributed by atoms with E-state index in [1.165, 1.54) is 11.1 Å². The highest BCUT2D eigenvalue weighted by Gasteiger charge is 2.27. The summed E-state index contributed by atoms with van der Waals surface area (Å²) in [6.45, 7) is 4.41. The molecule has 1 fully saturated rings. The maximum absolute atomic E-state index is 11.4. The van der Waals surface area contributed by atoms with Gasteiger partial charge >= 0.3 is 5.97 Å². The maximum atomic E-state index is 11.4. The maximum Gasteiger partial charge on any atom is 0.327 e. The molecule has 0 amide bonds. The molecule has 2 rings (SSSR count). The molecule has 1 aliphatic rings. The highest BCUT2D eigenvalue weighted by atomic mass is 16.7. The zero-order valence-corrected chi connectivity index (χ0v) is 11.8. The second kappa shape index (κ2) is 6.20. The molecule has 19 heavy (non-hydrogen) atoms. The lowest BCUT2D eigenvalue weighted by Gasteiger charge is -2.27. The Morgan fingerprint density at radius 2 is 1.74 bits per heavy atom. The van der Waals surface area contributed by atoms with E-state index in [0.29, 0.717) is 11.8 Å². The summed E-state index contributed by atoms with van der Waals surface area (Å²) >= 11 is 0. The van der Waals surface area contributed by atoms with Gasteiger partial charge in [0.15, 0.2) is 0 Å². The van der Waals surface area contributed by atoms with Crippen LogP contribution in [0.3, 0.4) is 0 Å². The van der Waals surface area contributed by atoms with Crippen molar-refractivity contribution in [2.75, 3.05) is 0 Å². The topological polar surface area (TPSA) is 52.3 Å². The van der Waals surface area contributed by atoms with Crippen LogP contribution in [0, 0.1) is 5.92 Å². The van der Waals surface area contributed by atoms with Crippen LogP contribution in [0.25, 0.3) is 0 Å². The molecule has 104 valence electrons. The Morgan fingerprint density at radius 1 is 1.16 bits per heavy atom. The molecule has 1 aliphatic carbocycles. The minimum absolute atomic E-state index is 0.00353. The Balaban J connectivity index is 1.96. The number of hydrogen-bond donors (Lipinski definition) is 1. The van der Waals surface area contributed by atoms with Crippen molar-refractivity contribution >= 4 is 5.97 Å². The molecular weight excluding hydrogens is 238 g/mol. The van der Waals surface area contributed by atoms with Crippen LogP contribution < -0.4 is 5.90 Å². The third-order valence-corrected chi connectivity index (χ3v) is 4.25. The van der Waals surface area contributed by atoms with Gasteiger partial charge in [-0.05, 0) is 48.6 Å². The van der Waals surface area contributed by atoms with Gasteiger partial charge in [-0.3, -0.25) is 4.79 Å². The number of carbonyl (C=O) groups is 1. The Morgan fingerprint density at radius 3 is 2.21 bits per heavy atom. The van der Waals surface area contributed by atoms with E-state index in [-0.39, 0.29) is 11.9 Å². The lowest BCUT2D eigenvalue weighted by Crippen LogP contribution is -2.25. The molecule has 1 aromatic carbocycles. The van der Waals surface area contributed by atoms with Gasteiger partial charge < -0.3 is 4.84 Å². The van der Waals surface area contributed by atoms with Crippen molar-refractivity contribution in [3.05, 3.63) is 35.4 Å². The van der Waals surface area contributed by atoms with Gasteiger partial charge in [-0.15, -0.1) is 0 Å². The largest absolute Gasteiger partial charge is 0.373 e. The summed E-state index contributed by atoms with van der Waals surface area (Å²) in [6, 6.07) is 8.92. The molecular formula is C16H23NO2. The molecule has 0 saturated heterocycles. The molecule has 0 aromatic heterocycles. The van der Waals surface area contributed by atoms with E-state index in [2.05, 4.69) is 43.0 Å². The molecule has 0 heterocycles. The third kappa shape index (κ3) is 3.35. The minimum atomic E-state index is -0.256. The van der Waals surface area contributed by atoms with E-state index in [4.69, 9.17) is 5.90 Å². The molecule has 0 bridgehead atoms. The fourth-order valence-electron chi connectivity index (χ4n) is 2.91. The fraction of sp³-hybridized carbons (Fsp3) is 0.562. The number of rotatable bonds is 3. The highest BCUT2D eigenvalue weighted by molar-refractivity contribution is 5.72. The number of benzene rings is 1. The van der Waals surface area contributed by atoms with Crippen LogP contribution in [0.2, 0.25) is 0 Å². The third-order valence-electron chi connectivity index (χ3n) is 4.25. The SMILES string of the molecule is CC(C)c1ccc(C2CCC(C(=O)ON)CC2)cc1. The molecule has 3 heteroatoms. The average Bonchev–Trinajstić information content (AvgIpc) is 2.46. The van der Waals surface area contributed by atoms with Gasteiger partial charge in [-0.2, -0.15) is 5.90 Å². The van der Waals surface area contributed by atoms with Crippen molar-refractivity contribution in [1.29, 1.82) is 0 Å². The fourth-order valence-corrected chi connectivity index (χ4v) is 2.91. The van der Waals surface area contributed by atoms with Crippen LogP contribution in [0.1, 0.15) is 62.5 Å². The molecule has 0 radical (unpaired) electrons. The van der Waals surface area contributed by atoms with E-state index in [0.717, 1.165) is 25.7 Å². The van der Waals surface area contributed by atoms with E-state index < -0.39 is 0 Å². The molecule has 0 unspecified atom stereocenters. The number of hydrogen-bond acceptors (Lipinski definition) is 3. The van der Waals surface area contributed by atoms with Gasteiger partial charge in [0.2, 0.25) is 0 Å². The van der Waals surface area contributed by atoms with E-state index in [1.807, 2.05) is 0 Å². The minimum Gasteiger partial charge on any atom is -0.373 e. The zero-order valence-electron chi connectivity index (χ0n) is 11.8. The molecule has 1 saturated carbocycles. The highest BCUT2D eigenvalue weighted by Crippen LogP contribution is 2.36. The van der Waals surface area contributed by atoms with E-state index in [9.17, 15) is 4.79 Å². The predicted octanol–water partition coefficient (Wildman–Crippen LogP) is 3.50. The summed E-state index contributed by atoms with van der Waals surface area (Å²) in [7, 11) is 0. The van der Waals surface area contributed by atoms with Gasteiger partial charge in [0, 0.05) is 0 Å². The standard InChI is InChI=1S/C16H23NO2/c1-11(2)12-3-5-13(6-4-12)14-7-9-15(10-8-14)16(18)19-17/h3-6,11,14-15H,7-10,17H2,1-2H3. The first-order chi connectivity index (χ1) is 9.11. The lowest BCUT2D eigenvalue weighted by atomic mass is 9.78. The summed E-state index contributed by atoms with van der Waals surface area (Å²) in [5.41, 5.74) is 2.77. The second-order valence-electron chi connectivity index (χ2n) is 5.81. The second-order valence-corrected chi connectivity index (χ2v) is 5.81. The van der Waals surface area contributed by atoms with Gasteiger partial charge in [-0.1, -0.05) is 38.1 Å². The van der Waals surface area contributed by atoms with Crippen LogP contribution in [0.15, 0.2) is 24.3 Å². The van der Waals surface area contributed by atoms with Crippen LogP contribution in [0.5, 0.6) is 0 Å². The van der Waals surface area contributed by atoms with Crippen molar-refractivity contribution in [3.8, 4) is 0 Å². The van der Waals surface area contributed by atoms with Crippen LogP contribution >= 0.6 is 0 Å².